The lowest BCUT2D eigenvalue weighted by Gasteiger charge is -2.08. The minimum Gasteiger partial charge on any atom is -0.493 e. The minimum atomic E-state index is 0.549. The number of rotatable bonds is 8. The van der Waals surface area contributed by atoms with Crippen molar-refractivity contribution < 1.29 is 9.47 Å². The minimum absolute atomic E-state index is 0.549. The Balaban J connectivity index is 1.65. The molecule has 28 heavy (non-hydrogen) atoms. The van der Waals surface area contributed by atoms with E-state index in [2.05, 4.69) is 37.9 Å². The average molecular weight is 377 g/mol. The molecule has 1 aromatic heterocycles. The summed E-state index contributed by atoms with van der Waals surface area (Å²) >= 11 is 0. The Labute approximate surface area is 164 Å². The number of ether oxygens (including phenoxy) is 2. The van der Waals surface area contributed by atoms with E-state index in [0.29, 0.717) is 29.8 Å². The monoisotopic (exact) mass is 377 g/mol. The molecule has 0 atom stereocenters. The number of methoxy groups -OCH3 is 2. The summed E-state index contributed by atoms with van der Waals surface area (Å²) in [6.07, 6.45) is 1.69. The van der Waals surface area contributed by atoms with Gasteiger partial charge in [-0.2, -0.15) is 10.1 Å². The number of hydrazone groups is 1. The summed E-state index contributed by atoms with van der Waals surface area (Å²) < 4.78 is 10.5. The van der Waals surface area contributed by atoms with Crippen LogP contribution in [0.3, 0.4) is 0 Å². The number of nitrogens with one attached hydrogen (secondary N) is 2. The molecule has 0 fully saturated rings. The maximum atomic E-state index is 5.30. The van der Waals surface area contributed by atoms with Crippen molar-refractivity contribution >= 4 is 18.0 Å². The van der Waals surface area contributed by atoms with Gasteiger partial charge in [-0.3, -0.25) is 5.43 Å². The van der Waals surface area contributed by atoms with Crippen LogP contribution >= 0.6 is 0 Å². The van der Waals surface area contributed by atoms with E-state index in [1.54, 1.807) is 20.4 Å². The van der Waals surface area contributed by atoms with Crippen molar-refractivity contribution in [2.45, 2.75) is 13.5 Å². The van der Waals surface area contributed by atoms with Gasteiger partial charge in [0, 0.05) is 18.3 Å². The predicted octanol–water partition coefficient (Wildman–Crippen LogP) is 3.86. The smallest absolute Gasteiger partial charge is 0.225 e. The zero-order valence-electron chi connectivity index (χ0n) is 16.1. The molecule has 144 valence electrons. The second-order valence-corrected chi connectivity index (χ2v) is 6.04. The quantitative estimate of drug-likeness (QED) is 0.458. The Morgan fingerprint density at radius 1 is 0.964 bits per heavy atom. The first-order chi connectivity index (χ1) is 13.7. The number of anilines is 2. The molecule has 0 radical (unpaired) electrons. The van der Waals surface area contributed by atoms with E-state index in [-0.39, 0.29) is 0 Å². The van der Waals surface area contributed by atoms with Crippen LogP contribution in [0.4, 0.5) is 11.8 Å². The summed E-state index contributed by atoms with van der Waals surface area (Å²) in [5.41, 5.74) is 5.82. The zero-order valence-corrected chi connectivity index (χ0v) is 16.1. The van der Waals surface area contributed by atoms with Gasteiger partial charge in [-0.05, 0) is 36.2 Å². The predicted molar refractivity (Wildman–Crippen MR) is 111 cm³/mol. The zero-order chi connectivity index (χ0) is 19.8. The average Bonchev–Trinajstić information content (AvgIpc) is 2.72. The van der Waals surface area contributed by atoms with Crippen molar-refractivity contribution in [1.82, 2.24) is 9.97 Å². The summed E-state index contributed by atoms with van der Waals surface area (Å²) in [6, 6.07) is 17.5. The van der Waals surface area contributed by atoms with Gasteiger partial charge in [0.05, 0.1) is 20.4 Å². The Morgan fingerprint density at radius 3 is 2.50 bits per heavy atom. The maximum Gasteiger partial charge on any atom is 0.225 e. The molecular formula is C21H23N5O2. The summed E-state index contributed by atoms with van der Waals surface area (Å²) in [5, 5.41) is 7.49. The number of aromatic nitrogens is 2. The molecule has 3 rings (SSSR count). The van der Waals surface area contributed by atoms with Gasteiger partial charge in [0.2, 0.25) is 5.95 Å². The van der Waals surface area contributed by atoms with Crippen LogP contribution in [0.15, 0.2) is 59.7 Å². The van der Waals surface area contributed by atoms with Crippen molar-refractivity contribution in [3.63, 3.8) is 0 Å². The van der Waals surface area contributed by atoms with Crippen LogP contribution in [-0.2, 0) is 6.54 Å². The summed E-state index contributed by atoms with van der Waals surface area (Å²) in [4.78, 5) is 8.86. The highest BCUT2D eigenvalue weighted by Gasteiger charge is 2.04. The molecular weight excluding hydrogens is 354 g/mol. The van der Waals surface area contributed by atoms with Crippen LogP contribution in [0.25, 0.3) is 0 Å². The van der Waals surface area contributed by atoms with Crippen LogP contribution < -0.4 is 20.2 Å². The number of benzene rings is 2. The van der Waals surface area contributed by atoms with Crippen molar-refractivity contribution in [3.05, 3.63) is 71.4 Å². The van der Waals surface area contributed by atoms with Crippen LogP contribution in [0.1, 0.15) is 16.8 Å². The topological polar surface area (TPSA) is 80.7 Å². The Bertz CT molecular complexity index is 945. The first-order valence-corrected chi connectivity index (χ1v) is 8.82. The first kappa shape index (κ1) is 19.2. The second kappa shape index (κ2) is 9.36. The Hall–Kier alpha value is -3.61. The normalized spacial score (nSPS) is 10.7. The first-order valence-electron chi connectivity index (χ1n) is 8.82. The molecule has 0 saturated heterocycles. The fourth-order valence-corrected chi connectivity index (χ4v) is 2.59. The number of nitrogens with zero attached hydrogens (tertiary/aromatic N) is 3. The van der Waals surface area contributed by atoms with Crippen LogP contribution in [-0.4, -0.2) is 30.4 Å². The molecule has 0 aliphatic rings. The lowest BCUT2D eigenvalue weighted by Crippen LogP contribution is -2.06. The lowest BCUT2D eigenvalue weighted by atomic mass is 10.2. The number of hydrogen-bond acceptors (Lipinski definition) is 7. The van der Waals surface area contributed by atoms with Gasteiger partial charge in [-0.1, -0.05) is 30.3 Å². The lowest BCUT2D eigenvalue weighted by molar-refractivity contribution is 0.355. The van der Waals surface area contributed by atoms with Gasteiger partial charge in [0.25, 0.3) is 0 Å². The van der Waals surface area contributed by atoms with Crippen LogP contribution in [0.2, 0.25) is 0 Å². The van der Waals surface area contributed by atoms with Crippen molar-refractivity contribution in [2.75, 3.05) is 25.0 Å². The van der Waals surface area contributed by atoms with E-state index in [9.17, 15) is 0 Å². The maximum absolute atomic E-state index is 5.30. The third-order valence-electron chi connectivity index (χ3n) is 3.95. The molecule has 0 aliphatic carbocycles. The number of hydrogen-bond donors (Lipinski definition) is 2. The molecule has 3 aromatic rings. The van der Waals surface area contributed by atoms with E-state index in [0.717, 1.165) is 16.8 Å². The largest absolute Gasteiger partial charge is 0.493 e. The van der Waals surface area contributed by atoms with E-state index in [4.69, 9.17) is 9.47 Å². The Morgan fingerprint density at radius 2 is 1.75 bits per heavy atom. The molecule has 0 spiro atoms. The molecule has 0 aliphatic heterocycles. The summed E-state index contributed by atoms with van der Waals surface area (Å²) in [7, 11) is 3.21. The Kier molecular flexibility index (Phi) is 6.41. The molecule has 1 heterocycles. The second-order valence-electron chi connectivity index (χ2n) is 6.04. The number of aryl methyl sites for hydroxylation is 1. The summed E-state index contributed by atoms with van der Waals surface area (Å²) in [6.45, 7) is 2.57. The van der Waals surface area contributed by atoms with Gasteiger partial charge in [-0.15, -0.1) is 0 Å². The molecule has 2 N–H and O–H groups in total. The van der Waals surface area contributed by atoms with E-state index >= 15 is 0 Å². The molecule has 0 amide bonds. The van der Waals surface area contributed by atoms with E-state index in [1.807, 2.05) is 49.4 Å². The van der Waals surface area contributed by atoms with Crippen LogP contribution in [0.5, 0.6) is 11.5 Å². The van der Waals surface area contributed by atoms with Crippen molar-refractivity contribution in [3.8, 4) is 11.5 Å². The van der Waals surface area contributed by atoms with Gasteiger partial charge in [-0.25, -0.2) is 4.98 Å². The molecule has 0 saturated carbocycles. The van der Waals surface area contributed by atoms with E-state index < -0.39 is 0 Å². The standard InChI is InChI=1S/C21H23N5O2/c1-15-11-20(25-21(24-15)22-13-16-7-5-4-6-8-16)26-23-14-17-9-10-18(27-2)19(12-17)28-3/h4-12,14H,13H2,1-3H3,(H2,22,24,25,26)/b23-14+. The van der Waals surface area contributed by atoms with Crippen molar-refractivity contribution in [2.24, 2.45) is 5.10 Å². The highest BCUT2D eigenvalue weighted by molar-refractivity contribution is 5.81. The molecule has 0 unspecified atom stereocenters. The van der Waals surface area contributed by atoms with E-state index in [1.165, 1.54) is 0 Å². The fraction of sp³-hybridized carbons (Fsp3) is 0.190. The highest BCUT2D eigenvalue weighted by atomic mass is 16.5. The fourth-order valence-electron chi connectivity index (χ4n) is 2.59. The SMILES string of the molecule is COc1ccc(/C=N/Nc2cc(C)nc(NCc3ccccc3)n2)cc1OC. The third kappa shape index (κ3) is 5.20. The third-order valence-corrected chi connectivity index (χ3v) is 3.95. The summed E-state index contributed by atoms with van der Waals surface area (Å²) in [5.74, 6) is 2.48. The van der Waals surface area contributed by atoms with Gasteiger partial charge >= 0.3 is 0 Å². The highest BCUT2D eigenvalue weighted by Crippen LogP contribution is 2.26. The molecule has 2 aromatic carbocycles. The van der Waals surface area contributed by atoms with Gasteiger partial charge in [0.15, 0.2) is 17.3 Å². The van der Waals surface area contributed by atoms with Gasteiger partial charge in [0.1, 0.15) is 0 Å². The molecule has 0 bridgehead atoms. The molecule has 7 heteroatoms. The molecule has 7 nitrogen and oxygen atoms in total. The van der Waals surface area contributed by atoms with Gasteiger partial charge < -0.3 is 14.8 Å². The van der Waals surface area contributed by atoms with Crippen LogP contribution in [0, 0.1) is 6.92 Å². The van der Waals surface area contributed by atoms with Crippen molar-refractivity contribution in [1.29, 1.82) is 0 Å².